The molecule has 0 bridgehead atoms. The topological polar surface area (TPSA) is 83.7 Å². The number of rotatable bonds is 5. The van der Waals surface area contributed by atoms with Gasteiger partial charge in [-0.15, -0.1) is 0 Å². The Bertz CT molecular complexity index is 528. The molecule has 8 nitrogen and oxygen atoms in total. The molecule has 1 aromatic rings. The number of aliphatic hydroxyl groups excluding tert-OH is 1. The molecule has 4 atom stereocenters. The second-order valence-corrected chi connectivity index (χ2v) is 7.07. The van der Waals surface area contributed by atoms with Gasteiger partial charge in [0.05, 0.1) is 12.2 Å². The number of hydrogen-bond acceptors (Lipinski definition) is 6. The summed E-state index contributed by atoms with van der Waals surface area (Å²) in [4.78, 5) is 20.5. The molecule has 3 heterocycles. The maximum Gasteiger partial charge on any atom is 0.244 e. The third-order valence-electron chi connectivity index (χ3n) is 4.92. The van der Waals surface area contributed by atoms with Crippen molar-refractivity contribution in [3.63, 3.8) is 0 Å². The number of carbonyl (C=O) groups excluding carboxylic acids is 1. The fourth-order valence-electron chi connectivity index (χ4n) is 3.87. The Balaban J connectivity index is 1.56. The molecule has 0 aromatic carbocycles. The number of aliphatic hydroxyl groups is 1. The molecule has 0 radical (unpaired) electrons. The molecule has 0 aliphatic carbocycles. The van der Waals surface area contributed by atoms with Crippen LogP contribution in [0.25, 0.3) is 0 Å². The number of aromatic nitrogens is 3. The van der Waals surface area contributed by atoms with Gasteiger partial charge in [-0.05, 0) is 19.8 Å². The first-order valence-electron chi connectivity index (χ1n) is 8.64. The molecule has 0 spiro atoms. The van der Waals surface area contributed by atoms with Gasteiger partial charge >= 0.3 is 0 Å². The summed E-state index contributed by atoms with van der Waals surface area (Å²) < 4.78 is 7.32. The van der Waals surface area contributed by atoms with Gasteiger partial charge in [-0.2, -0.15) is 5.10 Å². The molecule has 8 heteroatoms. The van der Waals surface area contributed by atoms with Crippen molar-refractivity contribution < 1.29 is 14.6 Å². The third kappa shape index (κ3) is 4.12. The van der Waals surface area contributed by atoms with Crippen LogP contribution in [0.15, 0.2) is 12.7 Å². The van der Waals surface area contributed by atoms with E-state index in [1.807, 2.05) is 4.90 Å². The molecule has 134 valence electrons. The summed E-state index contributed by atoms with van der Waals surface area (Å²) in [5.41, 5.74) is 0. The van der Waals surface area contributed by atoms with Gasteiger partial charge < -0.3 is 14.7 Å². The Hall–Kier alpha value is -1.51. The van der Waals surface area contributed by atoms with Crippen LogP contribution in [0, 0.1) is 11.8 Å². The molecule has 0 saturated carbocycles. The summed E-state index contributed by atoms with van der Waals surface area (Å²) in [6.07, 6.45) is 3.43. The molecule has 2 aliphatic rings. The van der Waals surface area contributed by atoms with Crippen LogP contribution in [-0.2, 0) is 16.1 Å². The molecule has 3 rings (SSSR count). The fourth-order valence-corrected chi connectivity index (χ4v) is 3.87. The molecule has 1 aromatic heterocycles. The minimum Gasteiger partial charge on any atom is -0.396 e. The lowest BCUT2D eigenvalue weighted by atomic mass is 9.96. The Morgan fingerprint density at radius 3 is 2.54 bits per heavy atom. The van der Waals surface area contributed by atoms with E-state index in [0.29, 0.717) is 19.0 Å². The second-order valence-electron chi connectivity index (χ2n) is 7.07. The van der Waals surface area contributed by atoms with Crippen molar-refractivity contribution in [3.8, 4) is 0 Å². The van der Waals surface area contributed by atoms with E-state index in [2.05, 4.69) is 28.8 Å². The summed E-state index contributed by atoms with van der Waals surface area (Å²) >= 11 is 0. The summed E-state index contributed by atoms with van der Waals surface area (Å²) in [6, 6.07) is 0. The first-order valence-corrected chi connectivity index (χ1v) is 8.64. The van der Waals surface area contributed by atoms with E-state index in [-0.39, 0.29) is 37.2 Å². The second kappa shape index (κ2) is 7.58. The van der Waals surface area contributed by atoms with Crippen molar-refractivity contribution in [1.82, 2.24) is 24.6 Å². The number of hydrogen-bond donors (Lipinski definition) is 1. The van der Waals surface area contributed by atoms with Crippen molar-refractivity contribution in [2.45, 2.75) is 32.6 Å². The predicted octanol–water partition coefficient (Wildman–Crippen LogP) is -0.546. The molecule has 2 saturated heterocycles. The molecule has 1 amide bonds. The summed E-state index contributed by atoms with van der Waals surface area (Å²) in [7, 11) is 0. The smallest absolute Gasteiger partial charge is 0.244 e. The largest absolute Gasteiger partial charge is 0.396 e. The van der Waals surface area contributed by atoms with Crippen LogP contribution in [0.5, 0.6) is 0 Å². The highest BCUT2D eigenvalue weighted by Crippen LogP contribution is 2.25. The monoisotopic (exact) mass is 337 g/mol. The van der Waals surface area contributed by atoms with Gasteiger partial charge in [-0.1, -0.05) is 0 Å². The Morgan fingerprint density at radius 2 is 1.92 bits per heavy atom. The van der Waals surface area contributed by atoms with E-state index in [4.69, 9.17) is 4.74 Å². The molecular formula is C16H27N5O3. The van der Waals surface area contributed by atoms with Crippen molar-refractivity contribution >= 4 is 5.91 Å². The number of amides is 1. The molecule has 1 N–H and O–H groups in total. The van der Waals surface area contributed by atoms with E-state index in [1.54, 1.807) is 6.33 Å². The lowest BCUT2D eigenvalue weighted by Crippen LogP contribution is -2.48. The zero-order chi connectivity index (χ0) is 17.1. The predicted molar refractivity (Wildman–Crippen MR) is 87.1 cm³/mol. The van der Waals surface area contributed by atoms with Gasteiger partial charge in [0.2, 0.25) is 5.91 Å². The summed E-state index contributed by atoms with van der Waals surface area (Å²) in [6.45, 7) is 8.53. The summed E-state index contributed by atoms with van der Waals surface area (Å²) in [5.74, 6) is 0.468. The van der Waals surface area contributed by atoms with Crippen molar-refractivity contribution in [2.75, 3.05) is 39.3 Å². The zero-order valence-electron chi connectivity index (χ0n) is 14.4. The zero-order valence-corrected chi connectivity index (χ0v) is 14.4. The number of nitrogens with zero attached hydrogens (tertiary/aromatic N) is 5. The quantitative estimate of drug-likeness (QED) is 0.776. The lowest BCUT2D eigenvalue weighted by molar-refractivity contribution is -0.131. The average molecular weight is 337 g/mol. The van der Waals surface area contributed by atoms with Crippen LogP contribution < -0.4 is 0 Å². The van der Waals surface area contributed by atoms with Crippen molar-refractivity contribution in [1.29, 1.82) is 0 Å². The minimum atomic E-state index is 0.0326. The number of carbonyl (C=O) groups is 1. The highest BCUT2D eigenvalue weighted by atomic mass is 16.5. The maximum atomic E-state index is 12.4. The first kappa shape index (κ1) is 17.3. The Kier molecular flexibility index (Phi) is 5.47. The van der Waals surface area contributed by atoms with Gasteiger partial charge in [0.25, 0.3) is 0 Å². The molecule has 24 heavy (non-hydrogen) atoms. The van der Waals surface area contributed by atoms with Crippen LogP contribution in [0.1, 0.15) is 13.8 Å². The van der Waals surface area contributed by atoms with Gasteiger partial charge in [0.1, 0.15) is 19.2 Å². The number of morpholine rings is 1. The van der Waals surface area contributed by atoms with Crippen molar-refractivity contribution in [2.24, 2.45) is 11.8 Å². The van der Waals surface area contributed by atoms with E-state index < -0.39 is 0 Å². The van der Waals surface area contributed by atoms with E-state index in [1.165, 1.54) is 11.0 Å². The van der Waals surface area contributed by atoms with Crippen LogP contribution >= 0.6 is 0 Å². The van der Waals surface area contributed by atoms with Crippen LogP contribution in [0.3, 0.4) is 0 Å². The van der Waals surface area contributed by atoms with Gasteiger partial charge in [-0.25, -0.2) is 9.67 Å². The van der Waals surface area contributed by atoms with E-state index >= 15 is 0 Å². The van der Waals surface area contributed by atoms with Crippen LogP contribution in [0.2, 0.25) is 0 Å². The van der Waals surface area contributed by atoms with Crippen LogP contribution in [-0.4, -0.2) is 87.1 Å². The fraction of sp³-hybridized carbons (Fsp3) is 0.812. The van der Waals surface area contributed by atoms with E-state index in [0.717, 1.165) is 19.6 Å². The molecular weight excluding hydrogens is 310 g/mol. The highest BCUT2D eigenvalue weighted by molar-refractivity contribution is 5.76. The maximum absolute atomic E-state index is 12.4. The average Bonchev–Trinajstić information content (AvgIpc) is 3.15. The van der Waals surface area contributed by atoms with Crippen LogP contribution in [0.4, 0.5) is 0 Å². The minimum absolute atomic E-state index is 0.0326. The lowest BCUT2D eigenvalue weighted by Gasteiger charge is -2.37. The van der Waals surface area contributed by atoms with Gasteiger partial charge in [0, 0.05) is 45.2 Å². The van der Waals surface area contributed by atoms with Crippen molar-refractivity contribution in [3.05, 3.63) is 12.7 Å². The molecule has 2 aliphatic heterocycles. The highest BCUT2D eigenvalue weighted by Gasteiger charge is 2.36. The first-order chi connectivity index (χ1) is 11.5. The molecule has 0 unspecified atom stereocenters. The SMILES string of the molecule is C[C@@H]1CN(C[C@@H]2CN(C(=O)Cn3cncn3)C[C@@H]2CO)C[C@H](C)O1. The van der Waals surface area contributed by atoms with E-state index in [9.17, 15) is 9.90 Å². The molecule has 2 fully saturated rings. The number of ether oxygens (including phenoxy) is 1. The number of likely N-dealkylation sites (tertiary alicyclic amines) is 1. The van der Waals surface area contributed by atoms with Gasteiger partial charge in [0.15, 0.2) is 0 Å². The standard InChI is InChI=1S/C16H27N5O3/c1-12-3-19(4-13(2)24-12)5-14-6-20(7-15(14)9-22)16(23)8-21-11-17-10-18-21/h10-15,22H,3-9H2,1-2H3/t12-,13+,14-,15-/m1/s1. The normalized spacial score (nSPS) is 31.5. The Labute approximate surface area is 142 Å². The summed E-state index contributed by atoms with van der Waals surface area (Å²) in [5, 5.41) is 13.7. The third-order valence-corrected chi connectivity index (χ3v) is 4.92. The Morgan fingerprint density at radius 1 is 1.21 bits per heavy atom. The van der Waals surface area contributed by atoms with Gasteiger partial charge in [-0.3, -0.25) is 9.69 Å².